The molecule has 0 fully saturated rings. The summed E-state index contributed by atoms with van der Waals surface area (Å²) in [4.78, 5) is 24.8. The Morgan fingerprint density at radius 3 is 2.40 bits per heavy atom. The smallest absolute Gasteiger partial charge is 0.306 e. The summed E-state index contributed by atoms with van der Waals surface area (Å²) in [5.41, 5.74) is 7.79. The molecule has 2 heterocycles. The number of hydrogen-bond acceptors (Lipinski definition) is 5. The average Bonchev–Trinajstić information content (AvgIpc) is 3.48. The second kappa shape index (κ2) is 8.36. The lowest BCUT2D eigenvalue weighted by Crippen LogP contribution is -2.41. The molecule has 4 rings (SSSR count). The lowest BCUT2D eigenvalue weighted by atomic mass is 10.1. The van der Waals surface area contributed by atoms with E-state index in [1.165, 1.54) is 6.26 Å². The molecule has 4 aromatic rings. The van der Waals surface area contributed by atoms with Gasteiger partial charge in [-0.2, -0.15) is 5.10 Å². The van der Waals surface area contributed by atoms with E-state index in [0.717, 1.165) is 16.9 Å². The van der Waals surface area contributed by atoms with Crippen molar-refractivity contribution < 1.29 is 18.7 Å². The van der Waals surface area contributed by atoms with Gasteiger partial charge in [0.15, 0.2) is 0 Å². The molecule has 0 bridgehead atoms. The number of amides is 2. The van der Waals surface area contributed by atoms with Crippen LogP contribution in [-0.2, 0) is 0 Å². The number of carbonyl (C=O) groups is 2. The number of hydrogen-bond donors (Lipinski definition) is 3. The second-order valence-corrected chi connectivity index (χ2v) is 6.33. The predicted octanol–water partition coefficient (Wildman–Crippen LogP) is 3.42. The van der Waals surface area contributed by atoms with Crippen molar-refractivity contribution in [1.29, 1.82) is 0 Å². The summed E-state index contributed by atoms with van der Waals surface area (Å²) in [6.45, 7) is 0. The fraction of sp³-hybridized carbons (Fsp3) is 0.0455. The van der Waals surface area contributed by atoms with Crippen LogP contribution in [0.15, 0.2) is 77.4 Å². The van der Waals surface area contributed by atoms with E-state index in [9.17, 15) is 9.59 Å². The molecule has 0 aliphatic carbocycles. The summed E-state index contributed by atoms with van der Waals surface area (Å²) in [6, 6.07) is 19.9. The number of ether oxygens (including phenoxy) is 1. The number of hydrazine groups is 1. The second-order valence-electron chi connectivity index (χ2n) is 6.33. The number of carbonyl (C=O) groups excluding carboxylic acids is 2. The van der Waals surface area contributed by atoms with Gasteiger partial charge in [-0.15, -0.1) is 0 Å². The molecule has 0 saturated heterocycles. The standard InChI is InChI=1S/C22H18N4O4/c1-29-16-9-7-15(8-10-16)18-13-19(24-23-18)21(27)25-26-22(28)20-17(11-12-30-20)14-5-3-2-4-6-14/h2-13H,1H3,(H,23,24)(H,25,27)(H,26,28). The lowest BCUT2D eigenvalue weighted by Gasteiger charge is -2.06. The number of nitrogens with one attached hydrogen (secondary N) is 3. The van der Waals surface area contributed by atoms with Crippen molar-refractivity contribution in [2.75, 3.05) is 7.11 Å². The van der Waals surface area contributed by atoms with Crippen molar-refractivity contribution in [2.45, 2.75) is 0 Å². The van der Waals surface area contributed by atoms with Crippen LogP contribution >= 0.6 is 0 Å². The van der Waals surface area contributed by atoms with Gasteiger partial charge in [0.25, 0.3) is 5.91 Å². The van der Waals surface area contributed by atoms with Crippen LogP contribution in [0, 0.1) is 0 Å². The first-order chi connectivity index (χ1) is 14.7. The highest BCUT2D eigenvalue weighted by molar-refractivity contribution is 6.00. The van der Waals surface area contributed by atoms with Gasteiger partial charge in [-0.3, -0.25) is 25.5 Å². The quantitative estimate of drug-likeness (QED) is 0.443. The first kappa shape index (κ1) is 19.0. The summed E-state index contributed by atoms with van der Waals surface area (Å²) in [5.74, 6) is -0.279. The van der Waals surface area contributed by atoms with E-state index in [1.54, 1.807) is 31.4 Å². The van der Waals surface area contributed by atoms with Gasteiger partial charge in [-0.05, 0) is 42.0 Å². The molecule has 3 N–H and O–H groups in total. The number of furan rings is 1. The van der Waals surface area contributed by atoms with E-state index in [2.05, 4.69) is 21.0 Å². The molecule has 2 aromatic carbocycles. The third-order valence-corrected chi connectivity index (χ3v) is 4.45. The number of rotatable bonds is 5. The van der Waals surface area contributed by atoms with Crippen molar-refractivity contribution in [3.8, 4) is 28.1 Å². The summed E-state index contributed by atoms with van der Waals surface area (Å²) in [7, 11) is 1.59. The summed E-state index contributed by atoms with van der Waals surface area (Å²) in [5, 5.41) is 6.80. The Morgan fingerprint density at radius 1 is 0.933 bits per heavy atom. The van der Waals surface area contributed by atoms with E-state index in [4.69, 9.17) is 9.15 Å². The Hall–Kier alpha value is -4.33. The van der Waals surface area contributed by atoms with Gasteiger partial charge in [0.2, 0.25) is 5.76 Å². The molecule has 150 valence electrons. The van der Waals surface area contributed by atoms with Crippen LogP contribution in [0.4, 0.5) is 0 Å². The van der Waals surface area contributed by atoms with Crippen molar-refractivity contribution in [2.24, 2.45) is 0 Å². The summed E-state index contributed by atoms with van der Waals surface area (Å²) in [6.07, 6.45) is 1.43. The van der Waals surface area contributed by atoms with Crippen LogP contribution in [-0.4, -0.2) is 29.1 Å². The van der Waals surface area contributed by atoms with Gasteiger partial charge < -0.3 is 9.15 Å². The topological polar surface area (TPSA) is 109 Å². The maximum absolute atomic E-state index is 12.5. The third kappa shape index (κ3) is 3.93. The highest BCUT2D eigenvalue weighted by Crippen LogP contribution is 2.24. The maximum Gasteiger partial charge on any atom is 0.306 e. The highest BCUT2D eigenvalue weighted by Gasteiger charge is 2.18. The number of nitrogens with zero attached hydrogens (tertiary/aromatic N) is 1. The van der Waals surface area contributed by atoms with Gasteiger partial charge in [0.05, 0.1) is 19.1 Å². The van der Waals surface area contributed by atoms with Gasteiger partial charge in [-0.1, -0.05) is 30.3 Å². The Morgan fingerprint density at radius 2 is 1.67 bits per heavy atom. The van der Waals surface area contributed by atoms with E-state index in [1.807, 2.05) is 42.5 Å². The van der Waals surface area contributed by atoms with Crippen LogP contribution in [0.1, 0.15) is 21.0 Å². The first-order valence-electron chi connectivity index (χ1n) is 9.09. The Balaban J connectivity index is 1.41. The van der Waals surface area contributed by atoms with Crippen LogP contribution in [0.25, 0.3) is 22.4 Å². The number of methoxy groups -OCH3 is 1. The van der Waals surface area contributed by atoms with Gasteiger partial charge >= 0.3 is 5.91 Å². The van der Waals surface area contributed by atoms with Crippen molar-refractivity contribution in [3.63, 3.8) is 0 Å². The maximum atomic E-state index is 12.5. The lowest BCUT2D eigenvalue weighted by molar-refractivity contribution is 0.0829. The van der Waals surface area contributed by atoms with E-state index < -0.39 is 11.8 Å². The molecule has 8 heteroatoms. The minimum Gasteiger partial charge on any atom is -0.497 e. The number of benzene rings is 2. The van der Waals surface area contributed by atoms with Crippen LogP contribution in [0.2, 0.25) is 0 Å². The largest absolute Gasteiger partial charge is 0.497 e. The number of aromatic amines is 1. The average molecular weight is 402 g/mol. The molecule has 0 spiro atoms. The zero-order valence-corrected chi connectivity index (χ0v) is 16.0. The highest BCUT2D eigenvalue weighted by atomic mass is 16.5. The predicted molar refractivity (Wildman–Crippen MR) is 110 cm³/mol. The van der Waals surface area contributed by atoms with Gasteiger partial charge in [0, 0.05) is 11.1 Å². The fourth-order valence-corrected chi connectivity index (χ4v) is 2.92. The Bertz CT molecular complexity index is 1160. The Kier molecular flexibility index (Phi) is 5.29. The van der Waals surface area contributed by atoms with Crippen molar-refractivity contribution >= 4 is 11.8 Å². The molecular formula is C22H18N4O4. The summed E-state index contributed by atoms with van der Waals surface area (Å²) < 4.78 is 10.4. The zero-order chi connectivity index (χ0) is 20.9. The summed E-state index contributed by atoms with van der Waals surface area (Å²) >= 11 is 0. The number of H-pyrrole nitrogens is 1. The van der Waals surface area contributed by atoms with Crippen LogP contribution < -0.4 is 15.6 Å². The first-order valence-corrected chi connectivity index (χ1v) is 9.09. The normalized spacial score (nSPS) is 10.4. The fourth-order valence-electron chi connectivity index (χ4n) is 2.92. The number of aromatic nitrogens is 2. The zero-order valence-electron chi connectivity index (χ0n) is 16.0. The van der Waals surface area contributed by atoms with Gasteiger partial charge in [-0.25, -0.2) is 0 Å². The van der Waals surface area contributed by atoms with Gasteiger partial charge in [0.1, 0.15) is 11.4 Å². The molecule has 0 saturated carbocycles. The molecular weight excluding hydrogens is 384 g/mol. The molecule has 2 aromatic heterocycles. The SMILES string of the molecule is COc1ccc(-c2cc(C(=O)NNC(=O)c3occc3-c3ccccc3)[nH]n2)cc1. The van der Waals surface area contributed by atoms with E-state index in [-0.39, 0.29) is 11.5 Å². The molecule has 8 nitrogen and oxygen atoms in total. The molecule has 0 unspecified atom stereocenters. The monoisotopic (exact) mass is 402 g/mol. The van der Waals surface area contributed by atoms with Crippen LogP contribution in [0.5, 0.6) is 5.75 Å². The molecule has 0 atom stereocenters. The third-order valence-electron chi connectivity index (χ3n) is 4.45. The van der Waals surface area contributed by atoms with Crippen molar-refractivity contribution in [3.05, 3.63) is 84.4 Å². The molecule has 0 aliphatic heterocycles. The molecule has 0 radical (unpaired) electrons. The van der Waals surface area contributed by atoms with Crippen LogP contribution in [0.3, 0.4) is 0 Å². The molecule has 0 aliphatic rings. The van der Waals surface area contributed by atoms with E-state index >= 15 is 0 Å². The Labute approximate surface area is 171 Å². The molecule has 30 heavy (non-hydrogen) atoms. The minimum absolute atomic E-state index is 0.102. The molecule has 2 amide bonds. The van der Waals surface area contributed by atoms with E-state index in [0.29, 0.717) is 11.3 Å². The van der Waals surface area contributed by atoms with Crippen molar-refractivity contribution in [1.82, 2.24) is 21.0 Å². The minimum atomic E-state index is -0.568.